The summed E-state index contributed by atoms with van der Waals surface area (Å²) in [6, 6.07) is 14.1. The summed E-state index contributed by atoms with van der Waals surface area (Å²) in [4.78, 5) is 37.3. The Bertz CT molecular complexity index is 1010. The summed E-state index contributed by atoms with van der Waals surface area (Å²) in [7, 11) is 0. The van der Waals surface area contributed by atoms with Crippen LogP contribution in [0.4, 0.5) is 4.79 Å². The summed E-state index contributed by atoms with van der Waals surface area (Å²) in [5.41, 5.74) is 3.77. The zero-order chi connectivity index (χ0) is 25.0. The van der Waals surface area contributed by atoms with Gasteiger partial charge in [-0.15, -0.1) is 0 Å². The van der Waals surface area contributed by atoms with Crippen LogP contribution in [0.2, 0.25) is 0 Å². The number of amides is 2. The highest BCUT2D eigenvalue weighted by Gasteiger charge is 2.35. The molecule has 0 heterocycles. The topological polar surface area (TPSA) is 105 Å². The zero-order valence-corrected chi connectivity index (χ0v) is 20.4. The molecule has 1 aliphatic carbocycles. The van der Waals surface area contributed by atoms with Crippen LogP contribution in [0.3, 0.4) is 0 Å². The van der Waals surface area contributed by atoms with Gasteiger partial charge in [0.05, 0.1) is 0 Å². The van der Waals surface area contributed by atoms with Crippen LogP contribution in [-0.2, 0) is 14.3 Å². The fourth-order valence-corrected chi connectivity index (χ4v) is 4.38. The van der Waals surface area contributed by atoms with Crippen LogP contribution in [-0.4, -0.2) is 41.8 Å². The molecule has 0 spiro atoms. The summed E-state index contributed by atoms with van der Waals surface area (Å²) >= 11 is 0. The molecule has 0 saturated heterocycles. The minimum Gasteiger partial charge on any atom is -0.480 e. The lowest BCUT2D eigenvalue weighted by Crippen LogP contribution is -2.55. The molecule has 0 radical (unpaired) electrons. The molecular formula is C27H34N2O5. The molecular weight excluding hydrogens is 432 g/mol. The molecule has 2 amide bonds. The molecule has 2 aromatic rings. The van der Waals surface area contributed by atoms with E-state index < -0.39 is 35.5 Å². The third kappa shape index (κ3) is 5.76. The molecule has 34 heavy (non-hydrogen) atoms. The second kappa shape index (κ2) is 10.3. The average molecular weight is 467 g/mol. The number of nitrogens with one attached hydrogen (secondary N) is 2. The number of carboxylic acid groups (broad SMARTS) is 1. The van der Waals surface area contributed by atoms with Crippen LogP contribution < -0.4 is 10.6 Å². The van der Waals surface area contributed by atoms with Crippen LogP contribution in [0.25, 0.3) is 11.1 Å². The SMILES string of the molecule is CC(C)C[C@H](NC(=O)OCC1c2ccccc2-c2ccccc21)C(=O)N[C@H](C(=O)O)C(C)(C)C. The van der Waals surface area contributed by atoms with E-state index in [1.807, 2.05) is 50.2 Å². The predicted octanol–water partition coefficient (Wildman–Crippen LogP) is 4.56. The quantitative estimate of drug-likeness (QED) is 0.529. The van der Waals surface area contributed by atoms with Crippen LogP contribution in [0.1, 0.15) is 58.1 Å². The van der Waals surface area contributed by atoms with Gasteiger partial charge in [-0.3, -0.25) is 4.79 Å². The Balaban J connectivity index is 1.69. The monoisotopic (exact) mass is 466 g/mol. The molecule has 0 unspecified atom stereocenters. The van der Waals surface area contributed by atoms with Gasteiger partial charge in [0.1, 0.15) is 18.7 Å². The number of alkyl carbamates (subject to hydrolysis) is 1. The Morgan fingerprint density at radius 1 is 0.941 bits per heavy atom. The highest BCUT2D eigenvalue weighted by atomic mass is 16.5. The third-order valence-corrected chi connectivity index (χ3v) is 6.06. The number of hydrogen-bond acceptors (Lipinski definition) is 4. The second-order valence-corrected chi connectivity index (χ2v) is 10.3. The van der Waals surface area contributed by atoms with Crippen molar-refractivity contribution < 1.29 is 24.2 Å². The highest BCUT2D eigenvalue weighted by molar-refractivity contribution is 5.89. The van der Waals surface area contributed by atoms with Crippen molar-refractivity contribution in [2.24, 2.45) is 11.3 Å². The highest BCUT2D eigenvalue weighted by Crippen LogP contribution is 2.44. The van der Waals surface area contributed by atoms with Gasteiger partial charge in [0.2, 0.25) is 5.91 Å². The molecule has 2 aromatic carbocycles. The van der Waals surface area contributed by atoms with E-state index in [4.69, 9.17) is 4.74 Å². The number of carbonyl (C=O) groups excluding carboxylic acids is 2. The summed E-state index contributed by atoms with van der Waals surface area (Å²) in [6.45, 7) is 9.21. The van der Waals surface area contributed by atoms with Crippen molar-refractivity contribution in [2.45, 2.75) is 59.0 Å². The Kier molecular flexibility index (Phi) is 7.64. The summed E-state index contributed by atoms with van der Waals surface area (Å²) < 4.78 is 5.58. The smallest absolute Gasteiger partial charge is 0.407 e. The number of carbonyl (C=O) groups is 3. The van der Waals surface area contributed by atoms with Gasteiger partial charge in [0.25, 0.3) is 0 Å². The molecule has 3 N–H and O–H groups in total. The van der Waals surface area contributed by atoms with Gasteiger partial charge < -0.3 is 20.5 Å². The van der Waals surface area contributed by atoms with Crippen molar-refractivity contribution >= 4 is 18.0 Å². The number of aliphatic carboxylic acids is 1. The Morgan fingerprint density at radius 2 is 1.47 bits per heavy atom. The number of benzene rings is 2. The number of rotatable bonds is 8. The van der Waals surface area contributed by atoms with Gasteiger partial charge in [-0.2, -0.15) is 0 Å². The minimum atomic E-state index is -1.12. The summed E-state index contributed by atoms with van der Waals surface area (Å²) in [6.07, 6.45) is -0.350. The Labute approximate surface area is 200 Å². The Hall–Kier alpha value is -3.35. The van der Waals surface area contributed by atoms with Crippen molar-refractivity contribution in [3.8, 4) is 11.1 Å². The van der Waals surface area contributed by atoms with Crippen molar-refractivity contribution in [3.63, 3.8) is 0 Å². The van der Waals surface area contributed by atoms with Gasteiger partial charge in [0.15, 0.2) is 0 Å². The van der Waals surface area contributed by atoms with Crippen molar-refractivity contribution in [1.82, 2.24) is 10.6 Å². The van der Waals surface area contributed by atoms with E-state index in [2.05, 4.69) is 22.8 Å². The largest absolute Gasteiger partial charge is 0.480 e. The van der Waals surface area contributed by atoms with E-state index in [0.717, 1.165) is 22.3 Å². The maximum absolute atomic E-state index is 12.9. The number of ether oxygens (including phenoxy) is 1. The van der Waals surface area contributed by atoms with Gasteiger partial charge in [-0.05, 0) is 40.0 Å². The lowest BCUT2D eigenvalue weighted by atomic mass is 9.86. The maximum atomic E-state index is 12.9. The van der Waals surface area contributed by atoms with Crippen molar-refractivity contribution in [2.75, 3.05) is 6.61 Å². The molecule has 0 aromatic heterocycles. The van der Waals surface area contributed by atoms with Crippen LogP contribution in [0.15, 0.2) is 48.5 Å². The van der Waals surface area contributed by atoms with E-state index >= 15 is 0 Å². The molecule has 0 bridgehead atoms. The zero-order valence-electron chi connectivity index (χ0n) is 20.4. The lowest BCUT2D eigenvalue weighted by Gasteiger charge is -2.30. The maximum Gasteiger partial charge on any atom is 0.407 e. The van der Waals surface area contributed by atoms with Crippen molar-refractivity contribution in [1.29, 1.82) is 0 Å². The fourth-order valence-electron chi connectivity index (χ4n) is 4.38. The standard InChI is InChI=1S/C27H34N2O5/c1-16(2)14-22(24(30)29-23(25(31)32)27(3,4)5)28-26(33)34-15-21-19-12-8-6-10-17(19)18-11-7-9-13-20(18)21/h6-13,16,21-23H,14-15H2,1-5H3,(H,28,33)(H,29,30)(H,31,32)/t22-,23+/m0/s1. The molecule has 182 valence electrons. The molecule has 1 aliphatic rings. The van der Waals surface area contributed by atoms with E-state index in [1.165, 1.54) is 0 Å². The molecule has 0 saturated carbocycles. The van der Waals surface area contributed by atoms with Gasteiger partial charge in [-0.25, -0.2) is 9.59 Å². The summed E-state index contributed by atoms with van der Waals surface area (Å²) in [5, 5.41) is 14.8. The first-order valence-corrected chi connectivity index (χ1v) is 11.6. The van der Waals surface area contributed by atoms with Gasteiger partial charge in [-0.1, -0.05) is 83.1 Å². The van der Waals surface area contributed by atoms with E-state index in [-0.39, 0.29) is 18.4 Å². The minimum absolute atomic E-state index is 0.0900. The Morgan fingerprint density at radius 3 is 1.94 bits per heavy atom. The van der Waals surface area contributed by atoms with Crippen LogP contribution in [0, 0.1) is 11.3 Å². The number of carboxylic acids is 1. The van der Waals surface area contributed by atoms with Crippen LogP contribution in [0.5, 0.6) is 0 Å². The van der Waals surface area contributed by atoms with Gasteiger partial charge in [0, 0.05) is 5.92 Å². The number of hydrogen-bond donors (Lipinski definition) is 3. The van der Waals surface area contributed by atoms with E-state index in [1.54, 1.807) is 20.8 Å². The lowest BCUT2D eigenvalue weighted by molar-refractivity contribution is -0.145. The molecule has 7 nitrogen and oxygen atoms in total. The summed E-state index contributed by atoms with van der Waals surface area (Å²) in [5.74, 6) is -1.65. The third-order valence-electron chi connectivity index (χ3n) is 6.06. The normalized spacial score (nSPS) is 14.6. The van der Waals surface area contributed by atoms with E-state index in [0.29, 0.717) is 6.42 Å². The predicted molar refractivity (Wildman–Crippen MR) is 130 cm³/mol. The molecule has 3 rings (SSSR count). The van der Waals surface area contributed by atoms with Gasteiger partial charge >= 0.3 is 12.1 Å². The number of fused-ring (bicyclic) bond motifs is 3. The fraction of sp³-hybridized carbons (Fsp3) is 0.444. The molecule has 2 atom stereocenters. The van der Waals surface area contributed by atoms with E-state index in [9.17, 15) is 19.5 Å². The first kappa shape index (κ1) is 25.3. The molecule has 7 heteroatoms. The average Bonchev–Trinajstić information content (AvgIpc) is 3.08. The second-order valence-electron chi connectivity index (χ2n) is 10.3. The molecule has 0 aliphatic heterocycles. The molecule has 0 fully saturated rings. The first-order chi connectivity index (χ1) is 16.0. The van der Waals surface area contributed by atoms with Crippen molar-refractivity contribution in [3.05, 3.63) is 59.7 Å². The first-order valence-electron chi connectivity index (χ1n) is 11.6. The van der Waals surface area contributed by atoms with Crippen LogP contribution >= 0.6 is 0 Å².